The van der Waals surface area contributed by atoms with Crippen molar-refractivity contribution in [3.8, 4) is 22.8 Å². The first-order valence-corrected chi connectivity index (χ1v) is 20.6. The monoisotopic (exact) mass is 705 g/mol. The molecule has 12 nitrogen and oxygen atoms in total. The van der Waals surface area contributed by atoms with Crippen LogP contribution >= 0.6 is 11.6 Å². The van der Waals surface area contributed by atoms with E-state index in [1.54, 1.807) is 28.0 Å². The molecule has 0 radical (unpaired) electrons. The van der Waals surface area contributed by atoms with Crippen LogP contribution in [0, 0.1) is 6.92 Å². The number of imidazole rings is 1. The number of ether oxygens (including phenoxy) is 4. The van der Waals surface area contributed by atoms with E-state index in [0.29, 0.717) is 66.2 Å². The van der Waals surface area contributed by atoms with Crippen LogP contribution in [0.1, 0.15) is 26.6 Å². The van der Waals surface area contributed by atoms with Gasteiger partial charge in [0.25, 0.3) is 0 Å². The van der Waals surface area contributed by atoms with Gasteiger partial charge in [-0.3, -0.25) is 9.67 Å². The molecule has 1 unspecified atom stereocenters. The van der Waals surface area contributed by atoms with Crippen molar-refractivity contribution in [1.29, 1.82) is 0 Å². The van der Waals surface area contributed by atoms with E-state index in [9.17, 15) is 4.79 Å². The molecule has 49 heavy (non-hydrogen) atoms. The predicted molar refractivity (Wildman–Crippen MR) is 192 cm³/mol. The SMILES string of the molecule is Cc1nc2ccc(Oc3ccc4ncc(-c5cnn(CC6CN(C(=O)OC(C)(C)C)CCO6)c5)nc4c3Cl)cc2n1COCC[Si](C)(C)C. The van der Waals surface area contributed by atoms with Gasteiger partial charge in [-0.05, 0) is 58.0 Å². The van der Waals surface area contributed by atoms with Gasteiger partial charge in [-0.15, -0.1) is 0 Å². The van der Waals surface area contributed by atoms with E-state index >= 15 is 0 Å². The molecule has 0 aliphatic carbocycles. The number of carbonyl (C=O) groups excluding carboxylic acids is 1. The molecular formula is C35H44ClN7O5Si. The number of hydrogen-bond acceptors (Lipinski definition) is 9. The Hall–Kier alpha value is -4.04. The van der Waals surface area contributed by atoms with E-state index in [1.807, 2.05) is 58.2 Å². The summed E-state index contributed by atoms with van der Waals surface area (Å²) in [5.41, 5.74) is 3.80. The van der Waals surface area contributed by atoms with Gasteiger partial charge in [0.1, 0.15) is 40.2 Å². The standard InChI is InChI=1S/C35H44ClN7O5Si/c1-23-39-27-9-8-25(16-30(27)43(23)22-45-14-15-49(5,6)7)47-31-11-10-28-33(32(31)36)40-29(18-37-28)24-17-38-42(19-24)21-26-20-41(12-13-46-26)34(44)48-35(2,3)4/h8-11,16-19,26H,12-15,20-22H2,1-7H3. The minimum Gasteiger partial charge on any atom is -0.456 e. The minimum absolute atomic E-state index is 0.227. The number of halogens is 1. The molecule has 0 spiro atoms. The molecule has 0 saturated carbocycles. The number of morpholine rings is 1. The summed E-state index contributed by atoms with van der Waals surface area (Å²) in [6.45, 7) is 17.5. The Kier molecular flexibility index (Phi) is 9.99. The molecule has 14 heteroatoms. The second-order valence-corrected chi connectivity index (χ2v) is 20.6. The lowest BCUT2D eigenvalue weighted by Crippen LogP contribution is -2.48. The predicted octanol–water partition coefficient (Wildman–Crippen LogP) is 7.55. The molecule has 1 saturated heterocycles. The van der Waals surface area contributed by atoms with Crippen molar-refractivity contribution in [1.82, 2.24) is 34.2 Å². The van der Waals surface area contributed by atoms with E-state index in [0.717, 1.165) is 35.1 Å². The van der Waals surface area contributed by atoms with Gasteiger partial charge in [-0.2, -0.15) is 5.10 Å². The first kappa shape index (κ1) is 34.8. The highest BCUT2D eigenvalue weighted by Gasteiger charge is 2.28. The largest absolute Gasteiger partial charge is 0.456 e. The number of rotatable bonds is 10. The van der Waals surface area contributed by atoms with Crippen molar-refractivity contribution >= 4 is 47.8 Å². The number of nitrogens with zero attached hydrogens (tertiary/aromatic N) is 7. The summed E-state index contributed by atoms with van der Waals surface area (Å²) in [4.78, 5) is 28.4. The van der Waals surface area contributed by atoms with Crippen molar-refractivity contribution in [3.63, 3.8) is 0 Å². The topological polar surface area (TPSA) is 119 Å². The zero-order valence-corrected chi connectivity index (χ0v) is 31.0. The molecule has 0 bridgehead atoms. The fourth-order valence-corrected chi connectivity index (χ4v) is 6.48. The number of hydrogen-bond donors (Lipinski definition) is 0. The lowest BCUT2D eigenvalue weighted by molar-refractivity contribution is -0.0483. The van der Waals surface area contributed by atoms with Crippen LogP contribution < -0.4 is 4.74 Å². The van der Waals surface area contributed by atoms with E-state index in [2.05, 4.69) is 34.3 Å². The normalized spacial score (nSPS) is 15.7. The van der Waals surface area contributed by atoms with E-state index in [1.165, 1.54) is 0 Å². The Morgan fingerprint density at radius 2 is 1.90 bits per heavy atom. The minimum atomic E-state index is -1.18. The summed E-state index contributed by atoms with van der Waals surface area (Å²) < 4.78 is 27.6. The van der Waals surface area contributed by atoms with Crippen LogP contribution in [0.4, 0.5) is 4.79 Å². The van der Waals surface area contributed by atoms with Crippen LogP contribution in [0.15, 0.2) is 48.9 Å². The number of carbonyl (C=O) groups is 1. The third-order valence-electron chi connectivity index (χ3n) is 8.08. The highest BCUT2D eigenvalue weighted by molar-refractivity contribution is 6.76. The van der Waals surface area contributed by atoms with Crippen LogP contribution in [0.5, 0.6) is 11.5 Å². The average Bonchev–Trinajstić information content (AvgIpc) is 3.62. The molecule has 2 aromatic carbocycles. The lowest BCUT2D eigenvalue weighted by Gasteiger charge is -2.34. The van der Waals surface area contributed by atoms with Gasteiger partial charge < -0.3 is 28.4 Å². The summed E-state index contributed by atoms with van der Waals surface area (Å²) in [6, 6.07) is 10.5. The van der Waals surface area contributed by atoms with Crippen LogP contribution in [-0.4, -0.2) is 86.4 Å². The molecule has 5 aromatic rings. The molecule has 6 rings (SSSR count). The van der Waals surface area contributed by atoms with Crippen LogP contribution in [0.25, 0.3) is 33.3 Å². The molecule has 1 aliphatic heterocycles. The first-order chi connectivity index (χ1) is 23.2. The molecule has 1 fully saturated rings. The maximum Gasteiger partial charge on any atom is 0.410 e. The summed E-state index contributed by atoms with van der Waals surface area (Å²) in [5.74, 6) is 1.97. The Labute approximate surface area is 292 Å². The van der Waals surface area contributed by atoms with Gasteiger partial charge in [-0.25, -0.2) is 14.8 Å². The summed E-state index contributed by atoms with van der Waals surface area (Å²) in [5, 5.41) is 4.88. The molecule has 1 amide bonds. The van der Waals surface area contributed by atoms with E-state index in [4.69, 9.17) is 40.5 Å². The number of benzene rings is 2. The van der Waals surface area contributed by atoms with Gasteiger partial charge in [0.2, 0.25) is 0 Å². The van der Waals surface area contributed by atoms with Crippen molar-refractivity contribution in [3.05, 3.63) is 59.8 Å². The second kappa shape index (κ2) is 14.1. The molecule has 260 valence electrons. The van der Waals surface area contributed by atoms with Crippen molar-refractivity contribution in [2.45, 2.75) is 78.4 Å². The Bertz CT molecular complexity index is 1970. The summed E-state index contributed by atoms with van der Waals surface area (Å²) in [7, 11) is -1.18. The smallest absolute Gasteiger partial charge is 0.410 e. The number of fused-ring (bicyclic) bond motifs is 2. The molecular weight excluding hydrogens is 662 g/mol. The van der Waals surface area contributed by atoms with Crippen LogP contribution in [-0.2, 0) is 27.5 Å². The highest BCUT2D eigenvalue weighted by atomic mass is 35.5. The summed E-state index contributed by atoms with van der Waals surface area (Å²) >= 11 is 6.90. The Balaban J connectivity index is 1.16. The maximum absolute atomic E-state index is 12.6. The molecule has 1 atom stereocenters. The summed E-state index contributed by atoms with van der Waals surface area (Å²) in [6.07, 6.45) is 4.75. The van der Waals surface area contributed by atoms with E-state index in [-0.39, 0.29) is 12.2 Å². The van der Waals surface area contributed by atoms with Gasteiger partial charge in [0.15, 0.2) is 0 Å². The zero-order chi connectivity index (χ0) is 34.9. The number of aryl methyl sites for hydroxylation is 1. The van der Waals surface area contributed by atoms with Gasteiger partial charge in [-0.1, -0.05) is 31.2 Å². The maximum atomic E-state index is 12.6. The highest BCUT2D eigenvalue weighted by Crippen LogP contribution is 2.36. The Morgan fingerprint density at radius 1 is 1.10 bits per heavy atom. The first-order valence-electron chi connectivity index (χ1n) is 16.5. The lowest BCUT2D eigenvalue weighted by atomic mass is 10.2. The Morgan fingerprint density at radius 3 is 2.67 bits per heavy atom. The average molecular weight is 706 g/mol. The van der Waals surface area contributed by atoms with Crippen molar-refractivity contribution < 1.29 is 23.7 Å². The van der Waals surface area contributed by atoms with Crippen LogP contribution in [0.3, 0.4) is 0 Å². The van der Waals surface area contributed by atoms with E-state index < -0.39 is 13.7 Å². The molecule has 3 aromatic heterocycles. The number of aromatic nitrogens is 6. The fraction of sp³-hybridized carbons (Fsp3) is 0.457. The zero-order valence-electron chi connectivity index (χ0n) is 29.2. The molecule has 4 heterocycles. The van der Waals surface area contributed by atoms with Crippen LogP contribution in [0.2, 0.25) is 30.7 Å². The van der Waals surface area contributed by atoms with Crippen molar-refractivity contribution in [2.24, 2.45) is 0 Å². The number of amides is 1. The van der Waals surface area contributed by atoms with Gasteiger partial charge in [0, 0.05) is 39.1 Å². The van der Waals surface area contributed by atoms with Crippen molar-refractivity contribution in [2.75, 3.05) is 26.3 Å². The van der Waals surface area contributed by atoms with Gasteiger partial charge >= 0.3 is 6.09 Å². The third-order valence-corrected chi connectivity index (χ3v) is 10.2. The second-order valence-electron chi connectivity index (χ2n) is 14.6. The molecule has 0 N–H and O–H groups in total. The third kappa shape index (κ3) is 8.58. The fourth-order valence-electron chi connectivity index (χ4n) is 5.48. The van der Waals surface area contributed by atoms with Gasteiger partial charge in [0.05, 0.1) is 60.4 Å². The quantitative estimate of drug-likeness (QED) is 0.107. The molecule has 1 aliphatic rings.